The Morgan fingerprint density at radius 3 is 2.43 bits per heavy atom. The van der Waals surface area contributed by atoms with Gasteiger partial charge in [-0.2, -0.15) is 0 Å². The van der Waals surface area contributed by atoms with Gasteiger partial charge in [-0.3, -0.25) is 0 Å². The van der Waals surface area contributed by atoms with Gasteiger partial charge in [-0.15, -0.1) is 0 Å². The van der Waals surface area contributed by atoms with Crippen molar-refractivity contribution < 1.29 is 0 Å². The van der Waals surface area contributed by atoms with E-state index in [0.29, 0.717) is 5.92 Å². The molecule has 0 bridgehead atoms. The molecule has 0 aliphatic rings. The first-order chi connectivity index (χ1) is 6.59. The zero-order valence-electron chi connectivity index (χ0n) is 9.12. The summed E-state index contributed by atoms with van der Waals surface area (Å²) in [6.07, 6.45) is 3.65. The molecule has 1 aromatic heterocycles. The minimum atomic E-state index is 0.0815. The van der Waals surface area contributed by atoms with Gasteiger partial charge in [0.15, 0.2) is 0 Å². The van der Waals surface area contributed by atoms with E-state index in [1.165, 1.54) is 0 Å². The molecular formula is C11H18N3. The summed E-state index contributed by atoms with van der Waals surface area (Å²) in [7, 11) is 0. The molecule has 77 valence electrons. The Hall–Kier alpha value is -0.960. The summed E-state index contributed by atoms with van der Waals surface area (Å²) >= 11 is 0. The van der Waals surface area contributed by atoms with Crippen LogP contribution in [0.5, 0.6) is 0 Å². The number of hydrogen-bond donors (Lipinski definition) is 1. The summed E-state index contributed by atoms with van der Waals surface area (Å²) < 4.78 is 0. The largest absolute Gasteiger partial charge is 0.310 e. The lowest BCUT2D eigenvalue weighted by atomic mass is 10.1. The van der Waals surface area contributed by atoms with Crippen LogP contribution in [0.1, 0.15) is 31.3 Å². The first kappa shape index (κ1) is 11.1. The molecule has 0 aliphatic carbocycles. The van der Waals surface area contributed by atoms with E-state index >= 15 is 0 Å². The zero-order chi connectivity index (χ0) is 10.6. The molecule has 1 N–H and O–H groups in total. The van der Waals surface area contributed by atoms with E-state index in [4.69, 9.17) is 0 Å². The predicted molar refractivity (Wildman–Crippen MR) is 57.7 cm³/mol. The molecule has 0 amide bonds. The van der Waals surface area contributed by atoms with Crippen LogP contribution in [0.25, 0.3) is 0 Å². The molecule has 0 saturated heterocycles. The lowest BCUT2D eigenvalue weighted by Gasteiger charge is -2.14. The average Bonchev–Trinajstić information content (AvgIpc) is 2.15. The highest BCUT2D eigenvalue weighted by atomic mass is 14.9. The first-order valence-electron chi connectivity index (χ1n) is 4.94. The fourth-order valence-electron chi connectivity index (χ4n) is 1.08. The van der Waals surface area contributed by atoms with Crippen LogP contribution in [0.15, 0.2) is 12.4 Å². The van der Waals surface area contributed by atoms with Crippen molar-refractivity contribution in [3.8, 4) is 0 Å². The molecule has 3 heteroatoms. The van der Waals surface area contributed by atoms with Crippen LogP contribution in [-0.4, -0.2) is 16.5 Å². The van der Waals surface area contributed by atoms with E-state index in [1.54, 1.807) is 0 Å². The van der Waals surface area contributed by atoms with Gasteiger partial charge in [-0.1, -0.05) is 13.8 Å². The lowest BCUT2D eigenvalue weighted by molar-refractivity contribution is 0.517. The van der Waals surface area contributed by atoms with E-state index < -0.39 is 0 Å². The molecule has 0 aromatic carbocycles. The monoisotopic (exact) mass is 192 g/mol. The standard InChI is InChI=1S/C11H18N3/c1-8(2)5-12-9(3)11-6-13-10(4)14-7-11/h6-9,12H,3,5H2,1-2,4H3. The van der Waals surface area contributed by atoms with Crippen LogP contribution in [0.2, 0.25) is 0 Å². The molecule has 14 heavy (non-hydrogen) atoms. The molecule has 1 unspecified atom stereocenters. The number of hydrogen-bond acceptors (Lipinski definition) is 3. The molecule has 1 heterocycles. The van der Waals surface area contributed by atoms with E-state index in [0.717, 1.165) is 17.9 Å². The molecule has 1 rings (SSSR count). The van der Waals surface area contributed by atoms with Gasteiger partial charge in [0.1, 0.15) is 5.82 Å². The zero-order valence-corrected chi connectivity index (χ0v) is 9.12. The summed E-state index contributed by atoms with van der Waals surface area (Å²) in [5.74, 6) is 1.43. The highest BCUT2D eigenvalue weighted by Crippen LogP contribution is 2.09. The van der Waals surface area contributed by atoms with Crippen molar-refractivity contribution in [3.05, 3.63) is 30.7 Å². The van der Waals surface area contributed by atoms with Crippen LogP contribution < -0.4 is 5.32 Å². The Balaban J connectivity index is 2.52. The third-order valence-electron chi connectivity index (χ3n) is 1.98. The molecular weight excluding hydrogens is 174 g/mol. The maximum atomic E-state index is 4.14. The first-order valence-corrected chi connectivity index (χ1v) is 4.94. The van der Waals surface area contributed by atoms with E-state index in [9.17, 15) is 0 Å². The molecule has 0 aliphatic heterocycles. The Morgan fingerprint density at radius 1 is 1.36 bits per heavy atom. The Kier molecular flexibility index (Phi) is 4.01. The third-order valence-corrected chi connectivity index (χ3v) is 1.98. The summed E-state index contributed by atoms with van der Waals surface area (Å²) in [6, 6.07) is 0.0815. The Bertz CT molecular complexity index is 266. The highest BCUT2D eigenvalue weighted by molar-refractivity contribution is 5.11. The Labute approximate surface area is 86.0 Å². The number of aryl methyl sites for hydroxylation is 1. The summed E-state index contributed by atoms with van der Waals surface area (Å²) in [5.41, 5.74) is 1.04. The Morgan fingerprint density at radius 2 is 1.93 bits per heavy atom. The molecule has 1 radical (unpaired) electrons. The smallest absolute Gasteiger partial charge is 0.125 e. The summed E-state index contributed by atoms with van der Waals surface area (Å²) in [4.78, 5) is 8.27. The van der Waals surface area contributed by atoms with Gasteiger partial charge < -0.3 is 5.32 Å². The minimum absolute atomic E-state index is 0.0815. The number of aromatic nitrogens is 2. The second-order valence-electron chi connectivity index (χ2n) is 3.92. The maximum Gasteiger partial charge on any atom is 0.125 e. The van der Waals surface area contributed by atoms with Crippen molar-refractivity contribution in [2.24, 2.45) is 5.92 Å². The maximum absolute atomic E-state index is 4.14. The summed E-state index contributed by atoms with van der Waals surface area (Å²) in [6.45, 7) is 11.2. The second-order valence-corrected chi connectivity index (χ2v) is 3.92. The van der Waals surface area contributed by atoms with E-state index in [1.807, 2.05) is 19.3 Å². The van der Waals surface area contributed by atoms with E-state index in [2.05, 4.69) is 36.1 Å². The van der Waals surface area contributed by atoms with Crippen LogP contribution in [0, 0.1) is 19.8 Å². The van der Waals surface area contributed by atoms with Crippen molar-refractivity contribution in [2.75, 3.05) is 6.54 Å². The molecule has 3 nitrogen and oxygen atoms in total. The van der Waals surface area contributed by atoms with Crippen LogP contribution in [-0.2, 0) is 0 Å². The fraction of sp³-hybridized carbons (Fsp3) is 0.545. The van der Waals surface area contributed by atoms with Crippen molar-refractivity contribution in [2.45, 2.75) is 26.8 Å². The highest BCUT2D eigenvalue weighted by Gasteiger charge is 2.05. The van der Waals surface area contributed by atoms with Gasteiger partial charge in [-0.05, 0) is 26.3 Å². The molecule has 1 aromatic rings. The number of rotatable bonds is 4. The fourth-order valence-corrected chi connectivity index (χ4v) is 1.08. The lowest BCUT2D eigenvalue weighted by Crippen LogP contribution is -2.23. The molecule has 0 spiro atoms. The summed E-state index contributed by atoms with van der Waals surface area (Å²) in [5, 5.41) is 3.33. The van der Waals surface area contributed by atoms with Crippen molar-refractivity contribution >= 4 is 0 Å². The normalized spacial score (nSPS) is 13.2. The van der Waals surface area contributed by atoms with E-state index in [-0.39, 0.29) is 6.04 Å². The van der Waals surface area contributed by atoms with Crippen molar-refractivity contribution in [3.63, 3.8) is 0 Å². The van der Waals surface area contributed by atoms with Crippen LogP contribution in [0.4, 0.5) is 0 Å². The second kappa shape index (κ2) is 5.05. The molecule has 0 saturated carbocycles. The van der Waals surface area contributed by atoms with Gasteiger partial charge >= 0.3 is 0 Å². The van der Waals surface area contributed by atoms with Gasteiger partial charge in [-0.25, -0.2) is 9.97 Å². The SMILES string of the molecule is [CH2]C(NCC(C)C)c1cnc(C)nc1. The van der Waals surface area contributed by atoms with Gasteiger partial charge in [0.2, 0.25) is 0 Å². The third kappa shape index (κ3) is 3.42. The van der Waals surface area contributed by atoms with Gasteiger partial charge in [0.05, 0.1) is 0 Å². The van der Waals surface area contributed by atoms with Gasteiger partial charge in [0, 0.05) is 24.0 Å². The molecule has 0 fully saturated rings. The number of nitrogens with zero attached hydrogens (tertiary/aromatic N) is 2. The average molecular weight is 192 g/mol. The number of nitrogens with one attached hydrogen (secondary N) is 1. The van der Waals surface area contributed by atoms with Crippen molar-refractivity contribution in [1.82, 2.24) is 15.3 Å². The topological polar surface area (TPSA) is 37.8 Å². The van der Waals surface area contributed by atoms with Crippen LogP contribution >= 0.6 is 0 Å². The van der Waals surface area contributed by atoms with Crippen LogP contribution in [0.3, 0.4) is 0 Å². The minimum Gasteiger partial charge on any atom is -0.310 e. The molecule has 1 atom stereocenters. The van der Waals surface area contributed by atoms with Crippen molar-refractivity contribution in [1.29, 1.82) is 0 Å². The predicted octanol–water partition coefficient (Wildman–Crippen LogP) is 1.91. The quantitative estimate of drug-likeness (QED) is 0.791. The van der Waals surface area contributed by atoms with Gasteiger partial charge in [0.25, 0.3) is 0 Å².